The fourth-order valence-electron chi connectivity index (χ4n) is 15.5. The number of Topliss-reactive ketones (excluding diaryl/α,β-unsaturated/α-hetero) is 2. The molecule has 18 rings (SSSR count). The van der Waals surface area contributed by atoms with Crippen molar-refractivity contribution in [1.82, 2.24) is 19.1 Å². The first-order valence-electron chi connectivity index (χ1n) is 41.8. The van der Waals surface area contributed by atoms with E-state index in [1.165, 1.54) is 28.5 Å². The average molecular weight is 1910 g/mol. The lowest BCUT2D eigenvalue weighted by molar-refractivity contribution is -0.684. The van der Waals surface area contributed by atoms with Crippen molar-refractivity contribution in [3.05, 3.63) is 286 Å². The van der Waals surface area contributed by atoms with Gasteiger partial charge in [-0.15, -0.1) is 12.6 Å². The number of aliphatic hydroxyl groups is 9. The first-order chi connectivity index (χ1) is 61.3. The van der Waals surface area contributed by atoms with E-state index in [9.17, 15) is 35.1 Å². The smallest absolute Gasteiger partial charge is 0.375 e. The second-order valence-electron chi connectivity index (χ2n) is 28.6. The van der Waals surface area contributed by atoms with Gasteiger partial charge in [0.2, 0.25) is 22.5 Å². The van der Waals surface area contributed by atoms with Gasteiger partial charge in [-0.05, 0) is 126 Å². The molecular weight excluding hydrogens is 1790 g/mol. The molecule has 27 nitrogen and oxygen atoms in total. The molecule has 6 aromatic heterocycles. The fraction of sp³-hybridized carbons (Fsp3) is 0.313. The number of carbonyl (C=O) groups is 2. The van der Waals surface area contributed by atoms with Crippen LogP contribution in [0.4, 0.5) is 22.7 Å². The maximum atomic E-state index is 13.2. The molecule has 8 aromatic carbocycles. The van der Waals surface area contributed by atoms with Gasteiger partial charge < -0.3 is 87.8 Å². The molecule has 2 aliphatic carbocycles. The van der Waals surface area contributed by atoms with E-state index in [1.54, 1.807) is 16.7 Å². The molecule has 0 bridgehead atoms. The van der Waals surface area contributed by atoms with Gasteiger partial charge in [0.15, 0.2) is 47.9 Å². The normalized spacial score (nSPS) is 14.1. The van der Waals surface area contributed by atoms with Crippen molar-refractivity contribution >= 4 is 157 Å². The third kappa shape index (κ3) is 23.2. The van der Waals surface area contributed by atoms with Crippen molar-refractivity contribution in [2.45, 2.75) is 117 Å². The molecule has 0 amide bonds. The summed E-state index contributed by atoms with van der Waals surface area (Å²) in [7, 11) is 0. The van der Waals surface area contributed by atoms with Gasteiger partial charge >= 0.3 is 17.7 Å². The molecule has 0 atom stereocenters. The van der Waals surface area contributed by atoms with E-state index < -0.39 is 0 Å². The van der Waals surface area contributed by atoms with Gasteiger partial charge in [0.1, 0.15) is 55.1 Å². The number of benzene rings is 8. The molecule has 8 heterocycles. The Morgan fingerprint density at radius 1 is 0.388 bits per heavy atom. The Morgan fingerprint density at radius 3 is 1.21 bits per heavy atom. The molecule has 0 spiro atoms. The third-order valence-corrected chi connectivity index (χ3v) is 22.2. The zero-order valence-corrected chi connectivity index (χ0v) is 76.0. The largest absolute Gasteiger partial charge is 0.506 e. The number of alkyl halides is 2. The van der Waals surface area contributed by atoms with Crippen molar-refractivity contribution in [2.75, 3.05) is 109 Å². The predicted molar refractivity (Wildman–Crippen MR) is 521 cm³/mol. The van der Waals surface area contributed by atoms with Crippen LogP contribution in [-0.2, 0) is 48.9 Å². The highest BCUT2D eigenvalue weighted by Gasteiger charge is 2.40. The van der Waals surface area contributed by atoms with Crippen LogP contribution in [0.25, 0.3) is 78.6 Å². The number of nitrogens with zero attached hydrogens (tertiary/aromatic N) is 12. The van der Waals surface area contributed by atoms with Crippen LogP contribution in [0.2, 0.25) is 0 Å². The molecule has 0 unspecified atom stereocenters. The van der Waals surface area contributed by atoms with E-state index in [4.69, 9.17) is 38.1 Å². The van der Waals surface area contributed by atoms with E-state index in [0.29, 0.717) is 95.5 Å². The molecule has 0 fully saturated rings. The highest BCUT2D eigenvalue weighted by molar-refractivity contribution is 9.09. The number of aryl methyl sites for hydroxylation is 5. The maximum Gasteiger partial charge on any atom is 0.375 e. The van der Waals surface area contributed by atoms with Gasteiger partial charge in [0, 0.05) is 91.5 Å². The number of halogens is 2. The number of aliphatic hydroxyl groups excluding tert-OH is 9. The van der Waals surface area contributed by atoms with Crippen LogP contribution >= 0.6 is 44.5 Å². The number of ketones is 2. The number of para-hydroxylation sites is 16. The van der Waals surface area contributed by atoms with Crippen molar-refractivity contribution in [3.8, 4) is 0 Å². The second-order valence-corrected chi connectivity index (χ2v) is 30.7. The molecule has 0 saturated heterocycles. The van der Waals surface area contributed by atoms with E-state index in [-0.39, 0.29) is 104 Å². The van der Waals surface area contributed by atoms with Crippen LogP contribution < -0.4 is 37.9 Å². The maximum absolute atomic E-state index is 13.2. The minimum Gasteiger partial charge on any atom is -0.506 e. The lowest BCUT2D eigenvalue weighted by atomic mass is 9.87. The van der Waals surface area contributed by atoms with Gasteiger partial charge in [0.25, 0.3) is 22.4 Å². The van der Waals surface area contributed by atoms with Crippen LogP contribution in [0.1, 0.15) is 85.2 Å². The number of imidazole rings is 2. The molecule has 30 heteroatoms. The third-order valence-electron chi connectivity index (χ3n) is 21.0. The summed E-state index contributed by atoms with van der Waals surface area (Å²) in [5, 5.41) is 84.0. The number of allylic oxidation sites excluding steroid dienone is 6. The van der Waals surface area contributed by atoms with Gasteiger partial charge in [-0.3, -0.25) is 9.59 Å². The van der Waals surface area contributed by atoms with E-state index >= 15 is 0 Å². The predicted octanol–water partition coefficient (Wildman–Crippen LogP) is 15.1. The quantitative estimate of drug-likeness (QED) is 0.0130. The van der Waals surface area contributed by atoms with Gasteiger partial charge in [-0.2, -0.15) is 13.7 Å². The number of aromatic nitrogens is 8. The van der Waals surface area contributed by atoms with Gasteiger partial charge in [-0.25, -0.2) is 19.1 Å². The minimum absolute atomic E-state index is 0. The zero-order chi connectivity index (χ0) is 90.1. The number of anilines is 4. The molecule has 0 saturated carbocycles. The van der Waals surface area contributed by atoms with Crippen LogP contribution in [-0.4, -0.2) is 166 Å². The summed E-state index contributed by atoms with van der Waals surface area (Å²) >= 11 is 10.6. The Hall–Kier alpha value is -11.7. The monoisotopic (exact) mass is 1910 g/mol. The van der Waals surface area contributed by atoms with Crippen LogP contribution in [0.3, 0.4) is 0 Å². The Labute approximate surface area is 775 Å². The first-order valence-corrected chi connectivity index (χ1v) is 44.5. The fourth-order valence-corrected chi connectivity index (χ4v) is 15.8. The average Bonchev–Trinajstić information content (AvgIpc) is 1.63. The topological polar surface area (TPSA) is 333 Å². The van der Waals surface area contributed by atoms with Crippen LogP contribution in [0.5, 0.6) is 0 Å². The summed E-state index contributed by atoms with van der Waals surface area (Å²) in [4.78, 5) is 43.6. The standard InChI is InChI=1S/C26H25N3O5.C26H25N3O4S.C12H17N2O.C10H12N2.C10H12NO2.C8H7NO.2C2H5BrO.3CH4/c1-2-27-19-7-3-4-8-20(19)28(11-13-30)23(27)15-17-25(32)18(26(17)33)16-24-29(12-14-31)21-9-5-6-10-22(21)34-24;1-2-27-19-7-3-4-8-20(19)28(11-13-30)23(27)15-17-25(32)18(26(17)34)16-24-29(12-14-31)21-9-5-6-10-22(21)33-24;1-3-13-10(2)14(8-9-15)12-7-5-4-6-11(12)13;1-3-12-8(2)11-9-6-4-5-7-10(9)12;1-8-11(6-7-12)9-4-2-3-5-10(9)13-8;1-6-9-7-4-2-3-5-8(7)10-6;2*3-1-2-4;;;/h2*3-10,15-16,30-31H,2,11-14H2,1H3;4-7,15H,3,8-9H2,1-2H3;4-7H,3H2,1-2H3;2-5,12H,6-7H2,1H3;2-5H,1H3;2*4H,1-2H2;3*1H4/q;;+1;;+1;;;;;;/p+2. The molecule has 684 valence electrons. The highest BCUT2D eigenvalue weighted by Crippen LogP contribution is 2.46. The summed E-state index contributed by atoms with van der Waals surface area (Å²) < 4.78 is 34.8. The van der Waals surface area contributed by atoms with E-state index in [2.05, 4.69) is 142 Å². The van der Waals surface area contributed by atoms with Gasteiger partial charge in [0.05, 0.1) is 104 Å². The van der Waals surface area contributed by atoms with Crippen LogP contribution in [0, 0.1) is 27.7 Å². The van der Waals surface area contributed by atoms with Crippen molar-refractivity contribution in [2.24, 2.45) is 0 Å². The Balaban J connectivity index is 0.000000198. The van der Waals surface area contributed by atoms with Gasteiger partial charge in [-0.1, -0.05) is 151 Å². The number of hydrogen-bond acceptors (Lipinski definition) is 22. The van der Waals surface area contributed by atoms with Crippen molar-refractivity contribution in [3.63, 3.8) is 0 Å². The van der Waals surface area contributed by atoms with E-state index in [1.807, 2.05) is 210 Å². The summed E-state index contributed by atoms with van der Waals surface area (Å²) in [6, 6.07) is 62.9. The molecule has 14 aromatic rings. The Bertz CT molecular complexity index is 6040. The summed E-state index contributed by atoms with van der Waals surface area (Å²) in [6.07, 6.45) is 6.73. The highest BCUT2D eigenvalue weighted by atomic mass is 79.9. The molecule has 129 heavy (non-hydrogen) atoms. The summed E-state index contributed by atoms with van der Waals surface area (Å²) in [5.74, 6) is 5.76. The second kappa shape index (κ2) is 49.8. The van der Waals surface area contributed by atoms with E-state index in [0.717, 1.165) is 110 Å². The number of fused-ring (bicyclic) bond motifs is 8. The molecule has 4 aliphatic rings. The number of thiol groups is 1. The molecular formula is C99H122Br2N12O15S+4. The lowest BCUT2D eigenvalue weighted by Crippen LogP contribution is -2.38. The summed E-state index contributed by atoms with van der Waals surface area (Å²) in [6.45, 7) is 22.9. The number of hydrogen-bond donors (Lipinski definition) is 10. The number of rotatable bonds is 22. The van der Waals surface area contributed by atoms with Crippen molar-refractivity contribution < 1.29 is 91.5 Å². The Kier molecular flexibility index (Phi) is 39.6. The molecule has 2 aliphatic heterocycles. The lowest BCUT2D eigenvalue weighted by Gasteiger charge is -2.27. The molecule has 0 radical (unpaired) electrons. The SMILES string of the molecule is C.C.C.CCN1/C(=C/C2=C(O)C(=C\c3oc4ccccc4[n+]3CCO)/C2=O)N(CCO)c2ccccc21.CCN1/C(=C/C2=C(S)C(=C\c3oc4ccccc4[n+]3CCO)/C2=O)N(CCO)c2ccccc21.CCn1c(C)[n+](CCO)c2ccccc21.CCn1c(C)nc2ccccc21.Cc1nc2ccccc2o1.Cc1oc2ccccc2[n+]1CCO.OCCBr.OCCBr. The first kappa shape index (κ1) is 103. The number of carbonyl (C=O) groups excluding carboxylic acids is 2. The molecule has 9 N–H and O–H groups in total. The zero-order valence-electron chi connectivity index (χ0n) is 72.0. The summed E-state index contributed by atoms with van der Waals surface area (Å²) in [5.41, 5.74) is 16.7. The number of oxazole rings is 4. The van der Waals surface area contributed by atoms with Crippen molar-refractivity contribution in [1.29, 1.82) is 0 Å². The number of β-amino-alcohol motifs (C(OH)–C–C–N with tert-alkyl or cyclic N) is 2. The minimum atomic E-state index is -0.294. The Morgan fingerprint density at radius 2 is 0.767 bits per heavy atom. The van der Waals surface area contributed by atoms with Crippen LogP contribution in [0.15, 0.2) is 269 Å².